The fourth-order valence-corrected chi connectivity index (χ4v) is 6.32. The van der Waals surface area contributed by atoms with Crippen molar-refractivity contribution in [3.8, 4) is 17.6 Å². The molecule has 1 N–H and O–H groups in total. The van der Waals surface area contributed by atoms with Gasteiger partial charge in [0.25, 0.3) is 0 Å². The van der Waals surface area contributed by atoms with E-state index < -0.39 is 0 Å². The van der Waals surface area contributed by atoms with E-state index in [0.717, 1.165) is 86.4 Å². The second-order valence-electron chi connectivity index (χ2n) is 11.5. The fourth-order valence-electron chi connectivity index (χ4n) is 6.15. The van der Waals surface area contributed by atoms with Gasteiger partial charge in [-0.05, 0) is 54.8 Å². The number of methoxy groups -OCH3 is 1. The quantitative estimate of drug-likeness (QED) is 0.274. The number of rotatable bonds is 8. The van der Waals surface area contributed by atoms with Crippen molar-refractivity contribution in [2.75, 3.05) is 72.8 Å². The van der Waals surface area contributed by atoms with Crippen molar-refractivity contribution in [2.24, 2.45) is 0 Å². The Bertz CT molecular complexity index is 1500. The lowest BCUT2D eigenvalue weighted by Crippen LogP contribution is -2.43. The van der Waals surface area contributed by atoms with Gasteiger partial charge in [-0.25, -0.2) is 4.79 Å². The van der Waals surface area contributed by atoms with Crippen molar-refractivity contribution in [1.82, 2.24) is 19.7 Å². The first-order valence-electron chi connectivity index (χ1n) is 15.9. The van der Waals surface area contributed by atoms with E-state index in [2.05, 4.69) is 26.5 Å². The zero-order valence-electron chi connectivity index (χ0n) is 26.6. The van der Waals surface area contributed by atoms with Crippen molar-refractivity contribution in [3.05, 3.63) is 64.3 Å². The minimum absolute atomic E-state index is 0.0365. The summed E-state index contributed by atoms with van der Waals surface area (Å²) >= 11 is 6.27. The van der Waals surface area contributed by atoms with Gasteiger partial charge in [0.05, 0.1) is 19.3 Å². The molecule has 2 amide bonds. The summed E-state index contributed by atoms with van der Waals surface area (Å²) < 4.78 is 21.7. The van der Waals surface area contributed by atoms with Crippen LogP contribution in [-0.4, -0.2) is 111 Å². The lowest BCUT2D eigenvalue weighted by Gasteiger charge is -2.34. The Labute approximate surface area is 275 Å². The van der Waals surface area contributed by atoms with E-state index in [4.69, 9.17) is 25.8 Å². The summed E-state index contributed by atoms with van der Waals surface area (Å²) in [6.45, 7) is 8.61. The topological polar surface area (TPSA) is 96.6 Å². The Morgan fingerprint density at radius 2 is 1.85 bits per heavy atom. The Morgan fingerprint density at radius 1 is 1.09 bits per heavy atom. The predicted molar refractivity (Wildman–Crippen MR) is 177 cm³/mol. The van der Waals surface area contributed by atoms with Crippen molar-refractivity contribution >= 4 is 35.0 Å². The highest BCUT2D eigenvalue weighted by Crippen LogP contribution is 2.39. The van der Waals surface area contributed by atoms with E-state index in [0.29, 0.717) is 37.9 Å². The molecule has 46 heavy (non-hydrogen) atoms. The third kappa shape index (κ3) is 8.53. The number of piperidine rings is 1. The summed E-state index contributed by atoms with van der Waals surface area (Å²) in [6, 6.07) is 13.7. The standard InChI is InChI=1S/C30H35ClN4O5.C5H8O/c31-22-3-6-27-26(19-22)25-9-12-35(20-36)29(28(25)32-27)21-1-4-23(5-2-21)40-24-7-10-34(11-8-24)30(37)39-18-15-33-13-16-38-17-14-33;1-3-4-5-6-2/h1-6,19-20,24,29,32H,7-18H2;5H2,1-2H3. The smallest absolute Gasteiger partial charge is 0.409 e. The third-order valence-corrected chi connectivity index (χ3v) is 8.83. The van der Waals surface area contributed by atoms with E-state index in [1.807, 2.05) is 47.4 Å². The monoisotopic (exact) mass is 650 g/mol. The van der Waals surface area contributed by atoms with E-state index >= 15 is 0 Å². The maximum atomic E-state index is 12.5. The molecule has 6 rings (SSSR count). The number of likely N-dealkylation sites (tertiary alicyclic amines) is 1. The molecule has 1 aromatic heterocycles. The minimum Gasteiger partial charge on any atom is -0.490 e. The Kier molecular flexibility index (Phi) is 12.2. The molecule has 11 heteroatoms. The molecule has 4 heterocycles. The number of nitrogens with zero attached hydrogens (tertiary/aromatic N) is 3. The molecule has 3 aliphatic rings. The minimum atomic E-state index is -0.248. The molecule has 0 radical (unpaired) electrons. The lowest BCUT2D eigenvalue weighted by molar-refractivity contribution is -0.120. The number of aromatic amines is 1. The lowest BCUT2D eigenvalue weighted by atomic mass is 9.93. The van der Waals surface area contributed by atoms with E-state index in [-0.39, 0.29) is 18.2 Å². The summed E-state index contributed by atoms with van der Waals surface area (Å²) in [5.41, 5.74) is 4.30. The van der Waals surface area contributed by atoms with Crippen molar-refractivity contribution in [3.63, 3.8) is 0 Å². The molecule has 2 fully saturated rings. The number of carbonyl (C=O) groups is 2. The highest BCUT2D eigenvalue weighted by Gasteiger charge is 2.31. The SMILES string of the molecule is CC#CCOC.O=CN1CCc2c([nH]c3ccc(Cl)cc23)C1c1ccc(OC2CCN(C(=O)OCCN3CCOCC3)CC2)cc1. The number of carbonyl (C=O) groups excluding carboxylic acids is 2. The van der Waals surface area contributed by atoms with Gasteiger partial charge in [-0.3, -0.25) is 9.69 Å². The van der Waals surface area contributed by atoms with Crippen LogP contribution in [0, 0.1) is 11.8 Å². The van der Waals surface area contributed by atoms with E-state index in [1.54, 1.807) is 18.9 Å². The van der Waals surface area contributed by atoms with Crippen LogP contribution in [0.1, 0.15) is 42.6 Å². The normalized spacial score (nSPS) is 18.5. The molecule has 2 aromatic carbocycles. The van der Waals surface area contributed by atoms with Crippen LogP contribution in [0.4, 0.5) is 4.79 Å². The third-order valence-electron chi connectivity index (χ3n) is 8.59. The van der Waals surface area contributed by atoms with Crippen LogP contribution in [0.2, 0.25) is 5.02 Å². The molecule has 0 bridgehead atoms. The molecule has 2 saturated heterocycles. The number of hydrogen-bond acceptors (Lipinski definition) is 7. The van der Waals surface area contributed by atoms with Gasteiger partial charge in [0.15, 0.2) is 0 Å². The van der Waals surface area contributed by atoms with Gasteiger partial charge in [-0.15, -0.1) is 5.92 Å². The largest absolute Gasteiger partial charge is 0.490 e. The van der Waals surface area contributed by atoms with Crippen molar-refractivity contribution < 1.29 is 28.5 Å². The zero-order chi connectivity index (χ0) is 32.3. The molecule has 10 nitrogen and oxygen atoms in total. The average molecular weight is 651 g/mol. The first-order chi connectivity index (χ1) is 22.5. The zero-order valence-corrected chi connectivity index (χ0v) is 27.4. The number of H-pyrrole nitrogens is 1. The summed E-state index contributed by atoms with van der Waals surface area (Å²) in [5, 5.41) is 1.82. The van der Waals surface area contributed by atoms with Gasteiger partial charge in [0, 0.05) is 80.8 Å². The average Bonchev–Trinajstić information content (AvgIpc) is 3.46. The molecular formula is C35H43ClN4O6. The van der Waals surface area contributed by atoms with Crippen LogP contribution < -0.4 is 4.74 Å². The van der Waals surface area contributed by atoms with Crippen molar-refractivity contribution in [1.29, 1.82) is 0 Å². The second kappa shape index (κ2) is 16.7. The molecule has 3 aromatic rings. The number of benzene rings is 2. The van der Waals surface area contributed by atoms with Gasteiger partial charge in [0.1, 0.15) is 25.1 Å². The highest BCUT2D eigenvalue weighted by atomic mass is 35.5. The second-order valence-corrected chi connectivity index (χ2v) is 11.9. The Morgan fingerprint density at radius 3 is 2.52 bits per heavy atom. The number of nitrogens with one attached hydrogen (secondary N) is 1. The molecular weight excluding hydrogens is 608 g/mol. The van der Waals surface area contributed by atoms with Crippen LogP contribution in [-0.2, 0) is 25.4 Å². The maximum Gasteiger partial charge on any atom is 0.409 e. The summed E-state index contributed by atoms with van der Waals surface area (Å²) in [4.78, 5) is 33.9. The number of fused-ring (bicyclic) bond motifs is 3. The first-order valence-corrected chi connectivity index (χ1v) is 16.3. The van der Waals surface area contributed by atoms with Crippen LogP contribution in [0.3, 0.4) is 0 Å². The molecule has 246 valence electrons. The Balaban J connectivity index is 0.000000635. The predicted octanol–water partition coefficient (Wildman–Crippen LogP) is 4.89. The van der Waals surface area contributed by atoms with E-state index in [9.17, 15) is 9.59 Å². The number of hydrogen-bond donors (Lipinski definition) is 1. The first kappa shape index (κ1) is 33.6. The fraction of sp³-hybridized carbons (Fsp3) is 0.486. The van der Waals surface area contributed by atoms with Gasteiger partial charge in [0.2, 0.25) is 6.41 Å². The number of aromatic nitrogens is 1. The molecule has 0 aliphatic carbocycles. The maximum absolute atomic E-state index is 12.5. The summed E-state index contributed by atoms with van der Waals surface area (Å²) in [7, 11) is 1.63. The molecule has 0 saturated carbocycles. The summed E-state index contributed by atoms with van der Waals surface area (Å²) in [5.74, 6) is 6.20. The van der Waals surface area contributed by atoms with Crippen LogP contribution >= 0.6 is 11.6 Å². The van der Waals surface area contributed by atoms with Crippen LogP contribution in [0.15, 0.2) is 42.5 Å². The summed E-state index contributed by atoms with van der Waals surface area (Å²) in [6.07, 6.45) is 3.01. The number of ether oxygens (including phenoxy) is 4. The molecule has 3 aliphatic heterocycles. The van der Waals surface area contributed by atoms with Gasteiger partial charge < -0.3 is 33.7 Å². The van der Waals surface area contributed by atoms with Gasteiger partial charge >= 0.3 is 6.09 Å². The van der Waals surface area contributed by atoms with Crippen LogP contribution in [0.25, 0.3) is 10.9 Å². The number of amides is 2. The van der Waals surface area contributed by atoms with E-state index in [1.165, 1.54) is 5.56 Å². The molecule has 1 atom stereocenters. The highest BCUT2D eigenvalue weighted by molar-refractivity contribution is 6.31. The van der Waals surface area contributed by atoms with Gasteiger partial charge in [-0.2, -0.15) is 0 Å². The molecule has 1 unspecified atom stereocenters. The number of morpholine rings is 1. The Hall–Kier alpha value is -3.75. The number of halogens is 1. The van der Waals surface area contributed by atoms with Crippen LogP contribution in [0.5, 0.6) is 5.75 Å². The van der Waals surface area contributed by atoms with Gasteiger partial charge in [-0.1, -0.05) is 29.7 Å². The molecule has 0 spiro atoms. The van der Waals surface area contributed by atoms with Crippen molar-refractivity contribution in [2.45, 2.75) is 38.3 Å².